The molecule has 0 atom stereocenters. The Morgan fingerprint density at radius 2 is 1.29 bits per heavy atom. The summed E-state index contributed by atoms with van der Waals surface area (Å²) in [7, 11) is 6.34. The van der Waals surface area contributed by atoms with Gasteiger partial charge in [0.25, 0.3) is 0 Å². The van der Waals surface area contributed by atoms with Crippen molar-refractivity contribution in [2.45, 2.75) is 19.3 Å². The maximum absolute atomic E-state index is 6.34. The molecule has 1 aliphatic heterocycles. The Morgan fingerprint density at radius 3 is 1.93 bits per heavy atom. The molecule has 2 radical (unpaired) electrons. The Kier molecular flexibility index (Phi) is 5.50. The van der Waals surface area contributed by atoms with Crippen molar-refractivity contribution in [3.05, 3.63) is 119 Å². The quantitative estimate of drug-likeness (QED) is 0.196. The van der Waals surface area contributed by atoms with Crippen molar-refractivity contribution in [1.82, 2.24) is 24.5 Å². The third-order valence-electron chi connectivity index (χ3n) is 8.23. The van der Waals surface area contributed by atoms with Gasteiger partial charge in [-0.3, -0.25) is 4.57 Å². The number of halogens is 1. The summed E-state index contributed by atoms with van der Waals surface area (Å²) in [5.41, 5.74) is 7.70. The maximum Gasteiger partial charge on any atom is 0.164 e. The van der Waals surface area contributed by atoms with E-state index in [4.69, 9.17) is 27.8 Å². The monoisotopic (exact) mass is 603 g/mol. The van der Waals surface area contributed by atoms with E-state index in [-0.39, 0.29) is 5.41 Å². The van der Waals surface area contributed by atoms with Crippen LogP contribution in [0.5, 0.6) is 0 Å². The van der Waals surface area contributed by atoms with Crippen LogP contribution in [0.4, 0.5) is 0 Å². The van der Waals surface area contributed by atoms with Gasteiger partial charge >= 0.3 is 0 Å². The lowest BCUT2D eigenvalue weighted by atomic mass is 9.75. The lowest BCUT2D eigenvalue weighted by Gasteiger charge is -2.34. The van der Waals surface area contributed by atoms with Crippen LogP contribution in [0.2, 0.25) is 0 Å². The summed E-state index contributed by atoms with van der Waals surface area (Å²) in [5, 5.41) is 2.17. The molecule has 7 aromatic rings. The molecule has 0 spiro atoms. The van der Waals surface area contributed by atoms with Crippen molar-refractivity contribution in [3.63, 3.8) is 0 Å². The molecule has 4 aromatic carbocycles. The van der Waals surface area contributed by atoms with Gasteiger partial charge < -0.3 is 0 Å². The van der Waals surface area contributed by atoms with Gasteiger partial charge in [-0.05, 0) is 45.8 Å². The number of benzene rings is 4. The zero-order chi connectivity index (χ0) is 28.6. The van der Waals surface area contributed by atoms with Crippen LogP contribution in [0.3, 0.4) is 0 Å². The molecule has 8 rings (SSSR count). The van der Waals surface area contributed by atoms with Crippen molar-refractivity contribution < 1.29 is 0 Å². The summed E-state index contributed by atoms with van der Waals surface area (Å²) in [6.07, 6.45) is 1.87. The van der Waals surface area contributed by atoms with E-state index in [2.05, 4.69) is 64.7 Å². The second-order valence-corrected chi connectivity index (χ2v) is 12.1. The maximum atomic E-state index is 6.34. The molecule has 7 heteroatoms. The van der Waals surface area contributed by atoms with Gasteiger partial charge in [-0.2, -0.15) is 0 Å². The van der Waals surface area contributed by atoms with Crippen molar-refractivity contribution in [1.29, 1.82) is 0 Å². The molecule has 0 amide bonds. The van der Waals surface area contributed by atoms with E-state index in [9.17, 15) is 0 Å². The Bertz CT molecular complexity index is 2130. The van der Waals surface area contributed by atoms with E-state index in [0.717, 1.165) is 54.4 Å². The summed E-state index contributed by atoms with van der Waals surface area (Å²) >= 11 is 3.67. The Balaban J connectivity index is 1.47. The Hall–Kier alpha value is -4.62. The highest BCUT2D eigenvalue weighted by Gasteiger charge is 2.37. The minimum absolute atomic E-state index is 0.339. The van der Waals surface area contributed by atoms with E-state index in [1.807, 2.05) is 72.9 Å². The molecular formula is C35H23BBrN5. The summed E-state index contributed by atoms with van der Waals surface area (Å²) in [5.74, 6) is 2.83. The highest BCUT2D eigenvalue weighted by molar-refractivity contribution is 9.10. The van der Waals surface area contributed by atoms with Crippen LogP contribution in [0.25, 0.3) is 61.8 Å². The first-order valence-corrected chi connectivity index (χ1v) is 14.6. The Labute approximate surface area is 252 Å². The van der Waals surface area contributed by atoms with Crippen molar-refractivity contribution >= 4 is 51.0 Å². The molecule has 0 saturated heterocycles. The van der Waals surface area contributed by atoms with Crippen LogP contribution in [0.1, 0.15) is 25.0 Å². The van der Waals surface area contributed by atoms with Gasteiger partial charge in [-0.1, -0.05) is 92.1 Å². The van der Waals surface area contributed by atoms with Gasteiger partial charge in [0.15, 0.2) is 17.5 Å². The summed E-state index contributed by atoms with van der Waals surface area (Å²) in [6, 6.07) is 32.8. The fourth-order valence-electron chi connectivity index (χ4n) is 6.14. The molecule has 0 saturated carbocycles. The van der Waals surface area contributed by atoms with E-state index >= 15 is 0 Å². The third kappa shape index (κ3) is 3.77. The molecule has 0 bridgehead atoms. The van der Waals surface area contributed by atoms with Crippen LogP contribution in [-0.4, -0.2) is 32.3 Å². The van der Waals surface area contributed by atoms with Gasteiger partial charge in [-0.15, -0.1) is 0 Å². The number of aromatic nitrogens is 5. The van der Waals surface area contributed by atoms with Crippen LogP contribution >= 0.6 is 15.9 Å². The lowest BCUT2D eigenvalue weighted by Crippen LogP contribution is -2.27. The van der Waals surface area contributed by atoms with Gasteiger partial charge in [0.2, 0.25) is 0 Å². The van der Waals surface area contributed by atoms with Gasteiger partial charge in [0.05, 0.1) is 11.0 Å². The number of hydrogen-bond acceptors (Lipinski definition) is 4. The normalized spacial score (nSPS) is 13.4. The van der Waals surface area contributed by atoms with Crippen LogP contribution in [-0.2, 0) is 5.41 Å². The second kappa shape index (κ2) is 9.20. The van der Waals surface area contributed by atoms with Gasteiger partial charge in [0.1, 0.15) is 13.7 Å². The standard InChI is InChI=1S/C35H23BBrN5/c1-35(2)27-16-22(33-40-31(20-9-5-3-6-10-20)39-32(41-33)21-11-7-4-8-12-21)15-26-25-17-23(36)13-14-29(25)42(30(26)27)34-28(35)18-24(37)19-38-34/h3-19H,1-2H3. The molecular weight excluding hydrogens is 581 g/mol. The summed E-state index contributed by atoms with van der Waals surface area (Å²) in [6.45, 7) is 4.51. The van der Waals surface area contributed by atoms with E-state index in [0.29, 0.717) is 22.9 Å². The molecule has 5 nitrogen and oxygen atoms in total. The summed E-state index contributed by atoms with van der Waals surface area (Å²) < 4.78 is 3.22. The predicted octanol–water partition coefficient (Wildman–Crippen LogP) is 7.56. The molecule has 0 unspecified atom stereocenters. The van der Waals surface area contributed by atoms with Gasteiger partial charge in [-0.25, -0.2) is 19.9 Å². The topological polar surface area (TPSA) is 56.5 Å². The number of rotatable bonds is 3. The first-order chi connectivity index (χ1) is 20.4. The molecule has 1 aliphatic rings. The predicted molar refractivity (Wildman–Crippen MR) is 173 cm³/mol. The third-order valence-corrected chi connectivity index (χ3v) is 8.67. The number of nitrogens with zero attached hydrogens (tertiary/aromatic N) is 5. The largest absolute Gasteiger partial charge is 0.293 e. The molecule has 4 heterocycles. The first kappa shape index (κ1) is 25.1. The number of fused-ring (bicyclic) bond motifs is 5. The second-order valence-electron chi connectivity index (χ2n) is 11.2. The van der Waals surface area contributed by atoms with Crippen LogP contribution in [0, 0.1) is 0 Å². The molecule has 0 aliphatic carbocycles. The zero-order valence-electron chi connectivity index (χ0n) is 23.0. The summed E-state index contributed by atoms with van der Waals surface area (Å²) in [4.78, 5) is 19.9. The van der Waals surface area contributed by atoms with Crippen LogP contribution < -0.4 is 5.46 Å². The average Bonchev–Trinajstić information content (AvgIpc) is 3.34. The van der Waals surface area contributed by atoms with Crippen molar-refractivity contribution in [2.24, 2.45) is 0 Å². The van der Waals surface area contributed by atoms with E-state index < -0.39 is 0 Å². The smallest absolute Gasteiger partial charge is 0.164 e. The minimum Gasteiger partial charge on any atom is -0.293 e. The minimum atomic E-state index is -0.339. The van der Waals surface area contributed by atoms with Crippen molar-refractivity contribution in [3.8, 4) is 40.0 Å². The van der Waals surface area contributed by atoms with E-state index in [1.54, 1.807) is 0 Å². The SMILES string of the molecule is [B]c1ccc2c(c1)c1cc(-c3nc(-c4ccccc4)nc(-c4ccccc4)n3)cc3c1n2-c1ncc(Br)cc1C3(C)C. The number of pyridine rings is 1. The molecule has 0 N–H and O–H groups in total. The molecule has 42 heavy (non-hydrogen) atoms. The van der Waals surface area contributed by atoms with Gasteiger partial charge in [0, 0.05) is 49.1 Å². The molecule has 3 aromatic heterocycles. The fraction of sp³-hybridized carbons (Fsp3) is 0.0857. The van der Waals surface area contributed by atoms with Crippen LogP contribution in [0.15, 0.2) is 108 Å². The zero-order valence-corrected chi connectivity index (χ0v) is 24.6. The first-order valence-electron chi connectivity index (χ1n) is 13.8. The highest BCUT2D eigenvalue weighted by atomic mass is 79.9. The number of hydrogen-bond donors (Lipinski definition) is 0. The van der Waals surface area contributed by atoms with Crippen molar-refractivity contribution in [2.75, 3.05) is 0 Å². The van der Waals surface area contributed by atoms with E-state index in [1.165, 1.54) is 5.56 Å². The average molecular weight is 604 g/mol. The molecule has 0 fully saturated rings. The molecule has 198 valence electrons. The fourth-order valence-corrected chi connectivity index (χ4v) is 6.48. The highest BCUT2D eigenvalue weighted by Crippen LogP contribution is 2.48. The Morgan fingerprint density at radius 1 is 0.667 bits per heavy atom. The lowest BCUT2D eigenvalue weighted by molar-refractivity contribution is 0.624.